The number of hydrogen-bond acceptors (Lipinski definition) is 2. The van der Waals surface area contributed by atoms with Crippen LogP contribution >= 0.6 is 0 Å². The summed E-state index contributed by atoms with van der Waals surface area (Å²) in [6.07, 6.45) is 0. The Bertz CT molecular complexity index is 3410. The van der Waals surface area contributed by atoms with E-state index in [-0.39, 0.29) is 0 Å². The molecule has 1 aliphatic rings. The van der Waals surface area contributed by atoms with Crippen molar-refractivity contribution in [2.45, 2.75) is 5.41 Å². The van der Waals surface area contributed by atoms with Gasteiger partial charge in [0.25, 0.3) is 0 Å². The minimum Gasteiger partial charge on any atom is -0.228 e. The van der Waals surface area contributed by atoms with E-state index in [4.69, 9.17) is 9.97 Å². The Morgan fingerprint density at radius 2 is 0.723 bits per heavy atom. The normalized spacial score (nSPS) is 12.4. The van der Waals surface area contributed by atoms with E-state index < -0.39 is 5.41 Å². The van der Waals surface area contributed by atoms with Crippen molar-refractivity contribution in [3.63, 3.8) is 0 Å². The predicted octanol–water partition coefficient (Wildman–Crippen LogP) is 16.0. The second-order valence-corrected chi connectivity index (χ2v) is 16.9. The predicted molar refractivity (Wildman–Crippen MR) is 269 cm³/mol. The first-order valence-corrected chi connectivity index (χ1v) is 22.3. The van der Waals surface area contributed by atoms with E-state index in [1.165, 1.54) is 66.6 Å². The summed E-state index contributed by atoms with van der Waals surface area (Å²) in [6.45, 7) is 0. The highest BCUT2D eigenvalue weighted by Gasteiger charge is 2.46. The van der Waals surface area contributed by atoms with E-state index >= 15 is 0 Å². The van der Waals surface area contributed by atoms with Crippen molar-refractivity contribution in [1.82, 2.24) is 9.97 Å². The number of rotatable bonds is 8. The lowest BCUT2D eigenvalue weighted by molar-refractivity contribution is 0.768. The van der Waals surface area contributed by atoms with Gasteiger partial charge in [0.05, 0.1) is 16.8 Å². The van der Waals surface area contributed by atoms with E-state index in [9.17, 15) is 0 Å². The summed E-state index contributed by atoms with van der Waals surface area (Å²) in [5.41, 5.74) is 19.2. The average Bonchev–Trinajstić information content (AvgIpc) is 3.70. The molecule has 2 nitrogen and oxygen atoms in total. The summed E-state index contributed by atoms with van der Waals surface area (Å²) in [4.78, 5) is 10.3. The molecule has 0 unspecified atom stereocenters. The van der Waals surface area contributed by atoms with Crippen molar-refractivity contribution in [2.75, 3.05) is 0 Å². The van der Waals surface area contributed by atoms with E-state index in [2.05, 4.69) is 231 Å². The fourth-order valence-electron chi connectivity index (χ4n) is 10.2. The Kier molecular flexibility index (Phi) is 9.43. The molecule has 0 atom stereocenters. The van der Waals surface area contributed by atoms with Crippen molar-refractivity contribution < 1.29 is 0 Å². The summed E-state index contributed by atoms with van der Waals surface area (Å²) < 4.78 is 0. The van der Waals surface area contributed by atoms with Gasteiger partial charge in [-0.15, -0.1) is 0 Å². The molecule has 0 radical (unpaired) electrons. The van der Waals surface area contributed by atoms with Crippen molar-refractivity contribution >= 4 is 10.8 Å². The van der Waals surface area contributed by atoms with Crippen LogP contribution in [0.1, 0.15) is 22.3 Å². The van der Waals surface area contributed by atoms with Crippen molar-refractivity contribution in [2.24, 2.45) is 0 Å². The zero-order chi connectivity index (χ0) is 43.2. The summed E-state index contributed by atoms with van der Waals surface area (Å²) >= 11 is 0. The van der Waals surface area contributed by atoms with Crippen LogP contribution in [0.15, 0.2) is 255 Å². The topological polar surface area (TPSA) is 25.8 Å². The fraction of sp³-hybridized carbons (Fsp3) is 0.0159. The molecule has 0 amide bonds. The van der Waals surface area contributed by atoms with Gasteiger partial charge in [-0.2, -0.15) is 0 Å². The fourth-order valence-corrected chi connectivity index (χ4v) is 10.2. The van der Waals surface area contributed by atoms with E-state index in [1.54, 1.807) is 0 Å². The third-order valence-corrected chi connectivity index (χ3v) is 13.2. The van der Waals surface area contributed by atoms with Gasteiger partial charge in [-0.3, -0.25) is 0 Å². The number of benzene rings is 10. The molecule has 304 valence electrons. The van der Waals surface area contributed by atoms with Gasteiger partial charge >= 0.3 is 0 Å². The van der Waals surface area contributed by atoms with Gasteiger partial charge < -0.3 is 0 Å². The molecule has 1 aromatic heterocycles. The van der Waals surface area contributed by atoms with Crippen LogP contribution in [0.5, 0.6) is 0 Å². The summed E-state index contributed by atoms with van der Waals surface area (Å²) in [6, 6.07) is 92.1. The van der Waals surface area contributed by atoms with Crippen LogP contribution in [0.4, 0.5) is 0 Å². The van der Waals surface area contributed by atoms with Crippen LogP contribution in [0.25, 0.3) is 89.2 Å². The molecule has 11 aromatic rings. The van der Waals surface area contributed by atoms with Crippen molar-refractivity contribution in [1.29, 1.82) is 0 Å². The van der Waals surface area contributed by atoms with Gasteiger partial charge in [0.1, 0.15) is 0 Å². The highest BCUT2D eigenvalue weighted by Crippen LogP contribution is 2.56. The second kappa shape index (κ2) is 16.0. The maximum Gasteiger partial charge on any atom is 0.160 e. The first-order valence-electron chi connectivity index (χ1n) is 22.3. The van der Waals surface area contributed by atoms with Crippen molar-refractivity contribution in [3.8, 4) is 78.4 Å². The van der Waals surface area contributed by atoms with Crippen LogP contribution in [0.3, 0.4) is 0 Å². The quantitative estimate of drug-likeness (QED) is 0.152. The van der Waals surface area contributed by atoms with Gasteiger partial charge in [0.2, 0.25) is 0 Å². The Labute approximate surface area is 379 Å². The van der Waals surface area contributed by atoms with E-state index in [1.807, 2.05) is 24.3 Å². The van der Waals surface area contributed by atoms with Gasteiger partial charge in [-0.25, -0.2) is 9.97 Å². The molecule has 65 heavy (non-hydrogen) atoms. The molecule has 10 aromatic carbocycles. The largest absolute Gasteiger partial charge is 0.228 e. The first-order chi connectivity index (χ1) is 32.2. The van der Waals surface area contributed by atoms with Crippen LogP contribution in [-0.2, 0) is 5.41 Å². The van der Waals surface area contributed by atoms with Crippen LogP contribution in [0, 0.1) is 0 Å². The smallest absolute Gasteiger partial charge is 0.160 e. The van der Waals surface area contributed by atoms with Gasteiger partial charge in [-0.1, -0.05) is 224 Å². The number of hydrogen-bond donors (Lipinski definition) is 0. The van der Waals surface area contributed by atoms with Gasteiger partial charge in [0, 0.05) is 16.7 Å². The van der Waals surface area contributed by atoms with Crippen LogP contribution < -0.4 is 0 Å². The highest BCUT2D eigenvalue weighted by atomic mass is 14.9. The molecule has 1 heterocycles. The monoisotopic (exact) mass is 826 g/mol. The molecule has 0 spiro atoms. The number of fused-ring (bicyclic) bond motifs is 4. The zero-order valence-electron chi connectivity index (χ0n) is 35.6. The molecule has 0 saturated carbocycles. The summed E-state index contributed by atoms with van der Waals surface area (Å²) in [5.74, 6) is 0.706. The van der Waals surface area contributed by atoms with Gasteiger partial charge in [0.15, 0.2) is 5.82 Å². The lowest BCUT2D eigenvalue weighted by Crippen LogP contribution is -2.28. The van der Waals surface area contributed by atoms with Gasteiger partial charge in [-0.05, 0) is 108 Å². The molecule has 1 aliphatic carbocycles. The minimum absolute atomic E-state index is 0.446. The molecule has 0 fully saturated rings. The molecule has 0 saturated heterocycles. The Balaban J connectivity index is 1.04. The lowest BCUT2D eigenvalue weighted by atomic mass is 9.67. The number of aromatic nitrogens is 2. The standard InChI is InChI=1S/C63H42N2/c1-6-20-43(21-7-1)47-38-48(46-34-37-59-57(41-46)55-32-18-19-33-58(55)63(59,50-26-12-4-13-27-50)51-28-14-5-15-29-51)40-49(39-47)52-35-36-56(54-31-17-16-30-53(52)54)61-42-60(44-22-8-2-9-23-44)64-62(65-61)45-24-10-3-11-25-45/h1-42H. The SMILES string of the molecule is c1ccc(-c2cc(-c3ccc4c(c3)-c3ccccc3C4(c3ccccc3)c3ccccc3)cc(-c3ccc(-c4cc(-c5ccccc5)nc(-c5ccccc5)n4)c4ccccc34)c2)cc1. The molecule has 12 rings (SSSR count). The minimum atomic E-state index is -0.446. The molecular weight excluding hydrogens is 785 g/mol. The van der Waals surface area contributed by atoms with Crippen LogP contribution in [-0.4, -0.2) is 9.97 Å². The van der Waals surface area contributed by atoms with E-state index in [0.717, 1.165) is 39.0 Å². The highest BCUT2D eigenvalue weighted by molar-refractivity contribution is 6.05. The first kappa shape index (κ1) is 38.2. The third-order valence-electron chi connectivity index (χ3n) is 13.2. The summed E-state index contributed by atoms with van der Waals surface area (Å²) in [7, 11) is 0. The Hall–Kier alpha value is -8.46. The molecule has 2 heteroatoms. The molecule has 0 N–H and O–H groups in total. The number of nitrogens with zero attached hydrogens (tertiary/aromatic N) is 2. The van der Waals surface area contributed by atoms with Crippen LogP contribution in [0.2, 0.25) is 0 Å². The molecular formula is C63H42N2. The van der Waals surface area contributed by atoms with E-state index in [0.29, 0.717) is 5.82 Å². The Morgan fingerprint density at radius 3 is 1.38 bits per heavy atom. The molecule has 0 bridgehead atoms. The summed E-state index contributed by atoms with van der Waals surface area (Å²) in [5, 5.41) is 2.31. The zero-order valence-corrected chi connectivity index (χ0v) is 35.6. The van der Waals surface area contributed by atoms with Crippen molar-refractivity contribution in [3.05, 3.63) is 277 Å². The maximum atomic E-state index is 5.24. The lowest BCUT2D eigenvalue weighted by Gasteiger charge is -2.33. The maximum absolute atomic E-state index is 5.24. The Morgan fingerprint density at radius 1 is 0.246 bits per heavy atom. The molecule has 0 aliphatic heterocycles. The second-order valence-electron chi connectivity index (χ2n) is 16.9. The third kappa shape index (κ3) is 6.58. The average molecular weight is 827 g/mol.